The van der Waals surface area contributed by atoms with Gasteiger partial charge in [-0.3, -0.25) is 9.59 Å². The summed E-state index contributed by atoms with van der Waals surface area (Å²) in [6, 6.07) is 6.79. The Kier molecular flexibility index (Phi) is 10.1. The number of rotatable bonds is 8. The lowest BCUT2D eigenvalue weighted by molar-refractivity contribution is -0.139. The zero-order chi connectivity index (χ0) is 24.8. The summed E-state index contributed by atoms with van der Waals surface area (Å²) in [5, 5.41) is 5.13. The van der Waals surface area contributed by atoms with Gasteiger partial charge in [0.1, 0.15) is 0 Å². The fourth-order valence-corrected chi connectivity index (χ4v) is 3.98. The van der Waals surface area contributed by atoms with Crippen LogP contribution in [-0.2, 0) is 4.79 Å². The smallest absolute Gasteiger partial charge is 0.354 e. The minimum atomic E-state index is -4.60. The topological polar surface area (TPSA) is 58.2 Å². The van der Waals surface area contributed by atoms with Crippen molar-refractivity contribution in [1.29, 1.82) is 0 Å². The number of allylic oxidation sites excluding steroid dienone is 1. The quantitative estimate of drug-likeness (QED) is 0.258. The highest BCUT2D eigenvalue weighted by Crippen LogP contribution is 2.41. The summed E-state index contributed by atoms with van der Waals surface area (Å²) in [4.78, 5) is 23.5. The maximum absolute atomic E-state index is 13.7. The van der Waals surface area contributed by atoms with Gasteiger partial charge in [0.05, 0.1) is 26.5 Å². The van der Waals surface area contributed by atoms with Crippen LogP contribution in [0.3, 0.4) is 0 Å². The van der Waals surface area contributed by atoms with Crippen molar-refractivity contribution in [2.75, 3.05) is 13.1 Å². The van der Waals surface area contributed by atoms with Crippen LogP contribution in [0.5, 0.6) is 0 Å². The van der Waals surface area contributed by atoms with Gasteiger partial charge in [-0.05, 0) is 51.3 Å². The van der Waals surface area contributed by atoms with Gasteiger partial charge in [0, 0.05) is 24.0 Å². The Morgan fingerprint density at radius 3 is 2.21 bits per heavy atom. The van der Waals surface area contributed by atoms with Crippen LogP contribution in [0.4, 0.5) is 13.2 Å². The normalized spacial score (nSPS) is 12.6. The van der Waals surface area contributed by atoms with E-state index in [-0.39, 0.29) is 45.5 Å². The van der Waals surface area contributed by atoms with E-state index >= 15 is 0 Å². The molecule has 0 heterocycles. The van der Waals surface area contributed by atoms with Gasteiger partial charge >= 0.3 is 6.18 Å². The second-order valence-electron chi connectivity index (χ2n) is 6.88. The van der Waals surface area contributed by atoms with Crippen molar-refractivity contribution in [2.24, 2.45) is 0 Å². The third-order valence-electron chi connectivity index (χ3n) is 4.49. The fraction of sp³-hybridized carbons (Fsp3) is 0.273. The Hall–Kier alpha value is -1.74. The molecule has 0 spiro atoms. The summed E-state index contributed by atoms with van der Waals surface area (Å²) in [5.41, 5.74) is 0.593. The molecule has 0 bridgehead atoms. The molecule has 0 radical (unpaired) electrons. The molecule has 4 nitrogen and oxygen atoms in total. The number of nitrogens with one attached hydrogen (secondary N) is 2. The van der Waals surface area contributed by atoms with Crippen LogP contribution < -0.4 is 10.6 Å². The summed E-state index contributed by atoms with van der Waals surface area (Å²) < 4.78 is 41.5. The number of hydrogen-bond donors (Lipinski definition) is 2. The van der Waals surface area contributed by atoms with Gasteiger partial charge < -0.3 is 10.6 Å². The van der Waals surface area contributed by atoms with Gasteiger partial charge in [-0.25, -0.2) is 0 Å². The van der Waals surface area contributed by atoms with Crippen molar-refractivity contribution in [1.82, 2.24) is 10.6 Å². The molecule has 178 valence electrons. The highest BCUT2D eigenvalue weighted by Gasteiger charge is 2.39. The molecule has 2 amide bonds. The van der Waals surface area contributed by atoms with E-state index in [0.29, 0.717) is 22.0 Å². The van der Waals surface area contributed by atoms with Crippen molar-refractivity contribution >= 4 is 68.6 Å². The first-order valence-electron chi connectivity index (χ1n) is 9.67. The van der Waals surface area contributed by atoms with Crippen LogP contribution in [0.25, 0.3) is 6.08 Å². The molecule has 2 aromatic carbocycles. The predicted molar refractivity (Wildman–Crippen MR) is 129 cm³/mol. The fourth-order valence-electron chi connectivity index (χ4n) is 2.79. The zero-order valence-corrected chi connectivity index (χ0v) is 21.1. The number of amides is 2. The lowest BCUT2D eigenvalue weighted by atomic mass is 9.97. The zero-order valence-electron chi connectivity index (χ0n) is 17.2. The van der Waals surface area contributed by atoms with Crippen LogP contribution in [0, 0.1) is 0 Å². The summed E-state index contributed by atoms with van der Waals surface area (Å²) in [6.45, 7) is 2.24. The van der Waals surface area contributed by atoms with Gasteiger partial charge in [0.25, 0.3) is 5.91 Å². The Morgan fingerprint density at radius 1 is 1.06 bits per heavy atom. The minimum absolute atomic E-state index is 0.0162. The molecule has 11 heteroatoms. The van der Waals surface area contributed by atoms with E-state index in [2.05, 4.69) is 26.6 Å². The first kappa shape index (κ1) is 27.5. The molecular formula is C22H19BrCl3F3N2O2. The number of hydrogen-bond acceptors (Lipinski definition) is 2. The molecule has 0 aliphatic carbocycles. The van der Waals surface area contributed by atoms with Gasteiger partial charge in [-0.15, -0.1) is 0 Å². The van der Waals surface area contributed by atoms with Gasteiger partial charge in [0.2, 0.25) is 5.91 Å². The van der Waals surface area contributed by atoms with E-state index in [0.717, 1.165) is 18.2 Å². The lowest BCUT2D eigenvalue weighted by Gasteiger charge is -2.18. The van der Waals surface area contributed by atoms with Crippen LogP contribution in [0.2, 0.25) is 15.1 Å². The maximum atomic E-state index is 13.7. The third kappa shape index (κ3) is 7.91. The Bertz CT molecular complexity index is 1040. The van der Waals surface area contributed by atoms with Gasteiger partial charge in [0.15, 0.2) is 0 Å². The molecular weight excluding hydrogens is 568 g/mol. The summed E-state index contributed by atoms with van der Waals surface area (Å²) in [6.07, 6.45) is -1.97. The largest absolute Gasteiger partial charge is 0.399 e. The van der Waals surface area contributed by atoms with Crippen LogP contribution >= 0.6 is 50.7 Å². The number of carbonyl (C=O) groups is 2. The molecule has 33 heavy (non-hydrogen) atoms. The lowest BCUT2D eigenvalue weighted by Crippen LogP contribution is -2.34. The Labute approximate surface area is 212 Å². The minimum Gasteiger partial charge on any atom is -0.354 e. The average molecular weight is 587 g/mol. The number of carbonyl (C=O) groups excluding carboxylic acids is 2. The van der Waals surface area contributed by atoms with E-state index in [4.69, 9.17) is 34.8 Å². The van der Waals surface area contributed by atoms with Crippen LogP contribution in [0.15, 0.2) is 40.9 Å². The molecule has 0 saturated heterocycles. The van der Waals surface area contributed by atoms with Crippen molar-refractivity contribution in [3.63, 3.8) is 0 Å². The van der Waals surface area contributed by atoms with Crippen molar-refractivity contribution in [2.45, 2.75) is 25.4 Å². The Morgan fingerprint density at radius 2 is 1.67 bits per heavy atom. The Balaban J connectivity index is 2.17. The predicted octanol–water partition coefficient (Wildman–Crippen LogP) is 7.02. The molecule has 1 atom stereocenters. The molecule has 2 rings (SSSR count). The summed E-state index contributed by atoms with van der Waals surface area (Å²) in [7, 11) is 0. The number of alkyl halides is 3. The highest BCUT2D eigenvalue weighted by atomic mass is 79.9. The maximum Gasteiger partial charge on any atom is 0.399 e. The molecule has 0 aliphatic rings. The molecule has 0 saturated carbocycles. The van der Waals surface area contributed by atoms with Crippen molar-refractivity contribution in [3.8, 4) is 0 Å². The van der Waals surface area contributed by atoms with E-state index in [9.17, 15) is 22.8 Å². The second-order valence-corrected chi connectivity index (χ2v) is 8.92. The van der Waals surface area contributed by atoms with E-state index < -0.39 is 12.1 Å². The van der Waals surface area contributed by atoms with Gasteiger partial charge in [-0.2, -0.15) is 13.2 Å². The standard InChI is InChI=1S/C22H19BrCl3F3N2O2/c1-2-19(32)30-7-8-31-21(33)14-5-3-12(9-16(14)23)4-6-15(22(27,28)29)13-10-17(24)20(26)18(25)11-13/h3-6,9-11,15H,2,7-8H2,1H3,(H,30,32)(H,31,33)/b6-4+. The van der Waals surface area contributed by atoms with Crippen molar-refractivity contribution in [3.05, 3.63) is 72.6 Å². The van der Waals surface area contributed by atoms with Crippen LogP contribution in [0.1, 0.15) is 40.7 Å². The summed E-state index contributed by atoms with van der Waals surface area (Å²) in [5.74, 6) is -2.48. The molecule has 2 N–H and O–H groups in total. The summed E-state index contributed by atoms with van der Waals surface area (Å²) >= 11 is 20.9. The van der Waals surface area contributed by atoms with E-state index in [1.807, 2.05) is 0 Å². The SMILES string of the molecule is CCC(=O)NCCNC(=O)c1ccc(/C=C/C(c2cc(Cl)c(Cl)c(Cl)c2)C(F)(F)F)cc1Br. The van der Waals surface area contributed by atoms with E-state index in [1.165, 1.54) is 24.3 Å². The third-order valence-corrected chi connectivity index (χ3v) is 6.34. The monoisotopic (exact) mass is 584 g/mol. The number of benzene rings is 2. The van der Waals surface area contributed by atoms with E-state index in [1.54, 1.807) is 6.92 Å². The first-order valence-corrected chi connectivity index (χ1v) is 11.6. The molecule has 0 aromatic heterocycles. The molecule has 2 aromatic rings. The van der Waals surface area contributed by atoms with Gasteiger partial charge in [-0.1, -0.05) is 59.9 Å². The average Bonchev–Trinajstić information content (AvgIpc) is 2.73. The first-order chi connectivity index (χ1) is 15.4. The van der Waals surface area contributed by atoms with Crippen molar-refractivity contribution < 1.29 is 22.8 Å². The highest BCUT2D eigenvalue weighted by molar-refractivity contribution is 9.10. The number of halogens is 7. The second kappa shape index (κ2) is 12.1. The van der Waals surface area contributed by atoms with Crippen LogP contribution in [-0.4, -0.2) is 31.1 Å². The molecule has 0 aliphatic heterocycles. The molecule has 0 fully saturated rings. The molecule has 1 unspecified atom stereocenters.